The van der Waals surface area contributed by atoms with E-state index in [-0.39, 0.29) is 5.91 Å². The van der Waals surface area contributed by atoms with Crippen LogP contribution in [0, 0.1) is 0 Å². The van der Waals surface area contributed by atoms with Gasteiger partial charge in [0.2, 0.25) is 0 Å². The van der Waals surface area contributed by atoms with Gasteiger partial charge in [0, 0.05) is 31.7 Å². The lowest BCUT2D eigenvalue weighted by Gasteiger charge is -2.36. The van der Waals surface area contributed by atoms with Crippen molar-refractivity contribution >= 4 is 11.6 Å². The number of fused-ring (bicyclic) bond motifs is 1. The first-order chi connectivity index (χ1) is 15.5. The van der Waals surface area contributed by atoms with Crippen molar-refractivity contribution in [1.82, 2.24) is 10.2 Å². The van der Waals surface area contributed by atoms with Crippen LogP contribution in [-0.2, 0) is 4.74 Å². The molecule has 2 aromatic carbocycles. The van der Waals surface area contributed by atoms with Crippen molar-refractivity contribution in [3.8, 4) is 17.2 Å². The molecule has 2 heterocycles. The molecule has 0 spiro atoms. The van der Waals surface area contributed by atoms with Crippen LogP contribution >= 0.6 is 0 Å². The smallest absolute Gasteiger partial charge is 0.251 e. The molecule has 0 radical (unpaired) electrons. The van der Waals surface area contributed by atoms with Gasteiger partial charge < -0.3 is 29.6 Å². The number of hydrogen-bond donors (Lipinski definition) is 2. The molecule has 1 unspecified atom stereocenters. The molecule has 0 aromatic heterocycles. The highest BCUT2D eigenvalue weighted by Gasteiger charge is 2.32. The summed E-state index contributed by atoms with van der Waals surface area (Å²) in [7, 11) is 1.64. The lowest BCUT2D eigenvalue weighted by molar-refractivity contribution is 0.0383. The first-order valence-electron chi connectivity index (χ1n) is 10.9. The lowest BCUT2D eigenvalue weighted by Crippen LogP contribution is -2.49. The number of morpholine rings is 1. The Hall–Kier alpha value is -2.97. The second-order valence-electron chi connectivity index (χ2n) is 8.36. The minimum atomic E-state index is -0.432. The van der Waals surface area contributed by atoms with Gasteiger partial charge in [-0.2, -0.15) is 0 Å². The highest BCUT2D eigenvalue weighted by molar-refractivity contribution is 5.95. The van der Waals surface area contributed by atoms with Crippen molar-refractivity contribution in [1.29, 1.82) is 0 Å². The van der Waals surface area contributed by atoms with Crippen molar-refractivity contribution in [2.24, 2.45) is 0 Å². The Labute approximate surface area is 188 Å². The minimum Gasteiger partial charge on any atom is -0.497 e. The topological polar surface area (TPSA) is 81.3 Å². The Morgan fingerprint density at radius 3 is 2.66 bits per heavy atom. The molecule has 0 saturated carbocycles. The van der Waals surface area contributed by atoms with Gasteiger partial charge in [-0.3, -0.25) is 9.69 Å². The Kier molecular flexibility index (Phi) is 7.02. The fraction of sp³-hybridized carbons (Fsp3) is 0.458. The minimum absolute atomic E-state index is 0.0929. The molecule has 8 heteroatoms. The molecule has 2 aliphatic heterocycles. The van der Waals surface area contributed by atoms with E-state index in [0.29, 0.717) is 25.3 Å². The summed E-state index contributed by atoms with van der Waals surface area (Å²) in [5.74, 6) is 2.18. The number of anilines is 1. The van der Waals surface area contributed by atoms with Gasteiger partial charge in [0.15, 0.2) is 0 Å². The maximum absolute atomic E-state index is 12.6. The second kappa shape index (κ2) is 10.1. The highest BCUT2D eigenvalue weighted by Crippen LogP contribution is 2.33. The van der Waals surface area contributed by atoms with Crippen molar-refractivity contribution in [2.75, 3.05) is 65.0 Å². The van der Waals surface area contributed by atoms with E-state index in [4.69, 9.17) is 18.9 Å². The standard InChI is InChI=1S/C24H31N3O5/c1-24(16-31-20-6-4-19(29-2)5-7-20)17-32-22-8-3-18(15-21(22)26-24)23(28)25-9-10-27-11-13-30-14-12-27/h3-8,15,26H,9-14,16-17H2,1-2H3,(H,25,28). The maximum atomic E-state index is 12.6. The average Bonchev–Trinajstić information content (AvgIpc) is 2.83. The van der Waals surface area contributed by atoms with Crippen molar-refractivity contribution in [3.63, 3.8) is 0 Å². The Bertz CT molecular complexity index is 914. The molecule has 8 nitrogen and oxygen atoms in total. The molecule has 4 rings (SSSR count). The number of ether oxygens (including phenoxy) is 4. The maximum Gasteiger partial charge on any atom is 0.251 e. The second-order valence-corrected chi connectivity index (χ2v) is 8.36. The Balaban J connectivity index is 1.32. The van der Waals surface area contributed by atoms with Gasteiger partial charge in [0.05, 0.1) is 26.0 Å². The number of nitrogens with one attached hydrogen (secondary N) is 2. The van der Waals surface area contributed by atoms with E-state index >= 15 is 0 Å². The number of nitrogens with zero attached hydrogens (tertiary/aromatic N) is 1. The summed E-state index contributed by atoms with van der Waals surface area (Å²) in [6.45, 7) is 7.66. The van der Waals surface area contributed by atoms with Crippen molar-refractivity contribution in [3.05, 3.63) is 48.0 Å². The number of carbonyl (C=O) groups is 1. The lowest BCUT2D eigenvalue weighted by atomic mass is 10.0. The summed E-state index contributed by atoms with van der Waals surface area (Å²) >= 11 is 0. The molecular formula is C24H31N3O5. The van der Waals surface area contributed by atoms with E-state index in [1.54, 1.807) is 13.2 Å². The molecule has 0 bridgehead atoms. The van der Waals surface area contributed by atoms with Gasteiger partial charge in [0.1, 0.15) is 36.0 Å². The van der Waals surface area contributed by atoms with Gasteiger partial charge in [0.25, 0.3) is 5.91 Å². The fourth-order valence-electron chi connectivity index (χ4n) is 3.74. The largest absolute Gasteiger partial charge is 0.497 e. The third kappa shape index (κ3) is 5.63. The van der Waals surface area contributed by atoms with Crippen molar-refractivity contribution < 1.29 is 23.7 Å². The Morgan fingerprint density at radius 2 is 1.91 bits per heavy atom. The molecule has 172 valence electrons. The van der Waals surface area contributed by atoms with Crippen molar-refractivity contribution in [2.45, 2.75) is 12.5 Å². The van der Waals surface area contributed by atoms with E-state index < -0.39 is 5.54 Å². The van der Waals surface area contributed by atoms with Crippen LogP contribution in [-0.4, -0.2) is 76.1 Å². The third-order valence-corrected chi connectivity index (χ3v) is 5.66. The highest BCUT2D eigenvalue weighted by atomic mass is 16.5. The molecule has 1 saturated heterocycles. The molecule has 32 heavy (non-hydrogen) atoms. The van der Waals surface area contributed by atoms with E-state index in [9.17, 15) is 4.79 Å². The van der Waals surface area contributed by atoms with Crippen LogP contribution in [0.15, 0.2) is 42.5 Å². The molecule has 2 N–H and O–H groups in total. The third-order valence-electron chi connectivity index (χ3n) is 5.66. The molecule has 2 aliphatic rings. The number of carbonyl (C=O) groups excluding carboxylic acids is 1. The summed E-state index contributed by atoms with van der Waals surface area (Å²) in [6.07, 6.45) is 0. The number of rotatable bonds is 8. The zero-order valence-electron chi connectivity index (χ0n) is 18.7. The van der Waals surface area contributed by atoms with Crippen LogP contribution in [0.25, 0.3) is 0 Å². The molecule has 1 atom stereocenters. The first kappa shape index (κ1) is 22.2. The first-order valence-corrected chi connectivity index (χ1v) is 10.9. The number of amides is 1. The molecule has 1 fully saturated rings. The quantitative estimate of drug-likeness (QED) is 0.651. The zero-order chi connectivity index (χ0) is 22.4. The predicted octanol–water partition coefficient (Wildman–Crippen LogP) is 2.40. The number of methoxy groups -OCH3 is 1. The van der Waals surface area contributed by atoms with Gasteiger partial charge in [-0.25, -0.2) is 0 Å². The van der Waals surface area contributed by atoms with Crippen LogP contribution in [0.1, 0.15) is 17.3 Å². The van der Waals surface area contributed by atoms with Crippen LogP contribution in [0.2, 0.25) is 0 Å². The van der Waals surface area contributed by atoms with E-state index in [2.05, 4.69) is 15.5 Å². The molecule has 0 aliphatic carbocycles. The molecule has 2 aromatic rings. The van der Waals surface area contributed by atoms with E-state index in [0.717, 1.165) is 55.8 Å². The normalized spacial score (nSPS) is 20.4. The van der Waals surface area contributed by atoms with Gasteiger partial charge in [-0.05, 0) is 49.4 Å². The molecule has 1 amide bonds. The average molecular weight is 442 g/mol. The summed E-state index contributed by atoms with van der Waals surface area (Å²) in [4.78, 5) is 14.9. The molecular weight excluding hydrogens is 410 g/mol. The van der Waals surface area contributed by atoms with E-state index in [1.165, 1.54) is 0 Å². The monoisotopic (exact) mass is 441 g/mol. The number of hydrogen-bond acceptors (Lipinski definition) is 7. The van der Waals surface area contributed by atoms with Crippen LogP contribution < -0.4 is 24.8 Å². The van der Waals surface area contributed by atoms with Gasteiger partial charge in [-0.15, -0.1) is 0 Å². The summed E-state index contributed by atoms with van der Waals surface area (Å²) in [5, 5.41) is 6.50. The number of benzene rings is 2. The zero-order valence-corrected chi connectivity index (χ0v) is 18.7. The van der Waals surface area contributed by atoms with Crippen LogP contribution in [0.4, 0.5) is 5.69 Å². The SMILES string of the molecule is COc1ccc(OCC2(C)COc3ccc(C(=O)NCCN4CCOCC4)cc3N2)cc1. The predicted molar refractivity (Wildman–Crippen MR) is 122 cm³/mol. The van der Waals surface area contributed by atoms with Crippen LogP contribution in [0.5, 0.6) is 17.2 Å². The Morgan fingerprint density at radius 1 is 1.16 bits per heavy atom. The fourth-order valence-corrected chi connectivity index (χ4v) is 3.74. The van der Waals surface area contributed by atoms with Gasteiger partial charge in [-0.1, -0.05) is 0 Å². The summed E-state index contributed by atoms with van der Waals surface area (Å²) in [5.41, 5.74) is 0.957. The van der Waals surface area contributed by atoms with Crippen LogP contribution in [0.3, 0.4) is 0 Å². The van der Waals surface area contributed by atoms with Gasteiger partial charge >= 0.3 is 0 Å². The summed E-state index contributed by atoms with van der Waals surface area (Å²) < 4.78 is 22.4. The van der Waals surface area contributed by atoms with E-state index in [1.807, 2.05) is 43.3 Å². The summed E-state index contributed by atoms with van der Waals surface area (Å²) in [6, 6.07) is 12.9.